The van der Waals surface area contributed by atoms with E-state index in [1.807, 2.05) is 6.07 Å². The molecule has 0 atom stereocenters. The lowest BCUT2D eigenvalue weighted by molar-refractivity contribution is 0.0690. The van der Waals surface area contributed by atoms with Crippen LogP contribution in [0.2, 0.25) is 0 Å². The maximum atomic E-state index is 10.9. The topological polar surface area (TPSA) is 89.8 Å². The number of carbonyl (C=O) groups is 1. The first-order chi connectivity index (χ1) is 7.24. The van der Waals surface area contributed by atoms with Crippen molar-refractivity contribution in [3.05, 3.63) is 29.6 Å². The lowest BCUT2D eigenvalue weighted by Gasteiger charge is -1.93. The Bertz CT molecular complexity index is 566. The summed E-state index contributed by atoms with van der Waals surface area (Å²) in [5, 5.41) is 18.2. The standard InChI is InChI=1S/C10H7N3O2/c11-4-3-6-7-2-1-5-12-9(7)13-8(6)10(14)15/h1-2,5H,3H2,(H,12,13)(H,14,15). The van der Waals surface area contributed by atoms with Crippen molar-refractivity contribution in [1.29, 1.82) is 5.26 Å². The maximum Gasteiger partial charge on any atom is 0.352 e. The SMILES string of the molecule is N#CCc1c(C(=O)O)[nH]c2ncccc12. The van der Waals surface area contributed by atoms with E-state index < -0.39 is 5.97 Å². The Morgan fingerprint density at radius 1 is 1.67 bits per heavy atom. The molecule has 0 amide bonds. The number of aromatic amines is 1. The smallest absolute Gasteiger partial charge is 0.352 e. The number of H-pyrrole nitrogens is 1. The number of carboxylic acids is 1. The van der Waals surface area contributed by atoms with Crippen molar-refractivity contribution >= 4 is 17.0 Å². The summed E-state index contributed by atoms with van der Waals surface area (Å²) in [5.74, 6) is -1.07. The third kappa shape index (κ3) is 1.42. The van der Waals surface area contributed by atoms with E-state index in [0.29, 0.717) is 16.6 Å². The molecule has 5 nitrogen and oxygen atoms in total. The van der Waals surface area contributed by atoms with Crippen LogP contribution in [0.25, 0.3) is 11.0 Å². The average Bonchev–Trinajstić information content (AvgIpc) is 2.58. The molecule has 0 saturated heterocycles. The van der Waals surface area contributed by atoms with E-state index in [1.54, 1.807) is 18.3 Å². The summed E-state index contributed by atoms with van der Waals surface area (Å²) in [6, 6.07) is 5.41. The number of carboxylic acid groups (broad SMARTS) is 1. The number of aromatic nitrogens is 2. The lowest BCUT2D eigenvalue weighted by atomic mass is 10.1. The van der Waals surface area contributed by atoms with Crippen LogP contribution in [0.1, 0.15) is 16.1 Å². The van der Waals surface area contributed by atoms with E-state index in [2.05, 4.69) is 9.97 Å². The number of nitrogens with zero attached hydrogens (tertiary/aromatic N) is 2. The van der Waals surface area contributed by atoms with Crippen molar-refractivity contribution in [1.82, 2.24) is 9.97 Å². The van der Waals surface area contributed by atoms with Gasteiger partial charge in [0, 0.05) is 17.1 Å². The second kappa shape index (κ2) is 3.42. The maximum absolute atomic E-state index is 10.9. The van der Waals surface area contributed by atoms with Crippen LogP contribution in [-0.4, -0.2) is 21.0 Å². The van der Waals surface area contributed by atoms with Crippen LogP contribution in [0.15, 0.2) is 18.3 Å². The third-order valence-electron chi connectivity index (χ3n) is 2.15. The Kier molecular flexibility index (Phi) is 2.10. The van der Waals surface area contributed by atoms with Gasteiger partial charge in [-0.25, -0.2) is 9.78 Å². The summed E-state index contributed by atoms with van der Waals surface area (Å²) >= 11 is 0. The number of nitrogens with one attached hydrogen (secondary N) is 1. The van der Waals surface area contributed by atoms with E-state index in [4.69, 9.17) is 10.4 Å². The minimum atomic E-state index is -1.07. The van der Waals surface area contributed by atoms with Crippen LogP contribution >= 0.6 is 0 Å². The number of hydrogen-bond donors (Lipinski definition) is 2. The molecule has 0 radical (unpaired) electrons. The highest BCUT2D eigenvalue weighted by molar-refractivity contribution is 5.96. The Labute approximate surface area is 85.0 Å². The lowest BCUT2D eigenvalue weighted by Crippen LogP contribution is -2.00. The Hall–Kier alpha value is -2.35. The first kappa shape index (κ1) is 9.21. The van der Waals surface area contributed by atoms with Gasteiger partial charge in [0.05, 0.1) is 12.5 Å². The van der Waals surface area contributed by atoms with Gasteiger partial charge < -0.3 is 10.1 Å². The van der Waals surface area contributed by atoms with Gasteiger partial charge in [-0.2, -0.15) is 5.26 Å². The molecule has 0 spiro atoms. The zero-order chi connectivity index (χ0) is 10.8. The summed E-state index contributed by atoms with van der Waals surface area (Å²) in [6.45, 7) is 0. The van der Waals surface area contributed by atoms with Gasteiger partial charge in [0.25, 0.3) is 0 Å². The van der Waals surface area contributed by atoms with E-state index in [0.717, 1.165) is 0 Å². The molecule has 0 fully saturated rings. The molecule has 15 heavy (non-hydrogen) atoms. The molecule has 0 aliphatic rings. The van der Waals surface area contributed by atoms with Crippen molar-refractivity contribution in [3.8, 4) is 6.07 Å². The zero-order valence-corrected chi connectivity index (χ0v) is 7.69. The first-order valence-corrected chi connectivity index (χ1v) is 4.30. The van der Waals surface area contributed by atoms with Crippen LogP contribution in [0.4, 0.5) is 0 Å². The summed E-state index contributed by atoms with van der Waals surface area (Å²) in [4.78, 5) is 17.6. The number of nitriles is 1. The minimum absolute atomic E-state index is 0.0465. The van der Waals surface area contributed by atoms with Crippen molar-refractivity contribution in [2.45, 2.75) is 6.42 Å². The van der Waals surface area contributed by atoms with E-state index >= 15 is 0 Å². The fraction of sp³-hybridized carbons (Fsp3) is 0.100. The van der Waals surface area contributed by atoms with Crippen LogP contribution in [0, 0.1) is 11.3 Å². The number of hydrogen-bond acceptors (Lipinski definition) is 3. The van der Waals surface area contributed by atoms with Gasteiger partial charge in [-0.3, -0.25) is 0 Å². The molecule has 5 heteroatoms. The zero-order valence-electron chi connectivity index (χ0n) is 7.69. The molecule has 0 saturated carbocycles. The van der Waals surface area contributed by atoms with Crippen LogP contribution in [-0.2, 0) is 6.42 Å². The summed E-state index contributed by atoms with van der Waals surface area (Å²) in [7, 11) is 0. The Morgan fingerprint density at radius 2 is 2.47 bits per heavy atom. The normalized spacial score (nSPS) is 10.1. The predicted molar refractivity (Wildman–Crippen MR) is 52.4 cm³/mol. The fourth-order valence-electron chi connectivity index (χ4n) is 1.52. The summed E-state index contributed by atoms with van der Waals surface area (Å²) in [6.07, 6.45) is 1.63. The molecule has 0 aliphatic carbocycles. The number of rotatable bonds is 2. The molecule has 2 rings (SSSR count). The van der Waals surface area contributed by atoms with Crippen LogP contribution in [0.5, 0.6) is 0 Å². The van der Waals surface area contributed by atoms with Gasteiger partial charge in [0.15, 0.2) is 0 Å². The average molecular weight is 201 g/mol. The quantitative estimate of drug-likeness (QED) is 0.766. The summed E-state index contributed by atoms with van der Waals surface area (Å²) in [5.41, 5.74) is 1.04. The second-order valence-corrected chi connectivity index (χ2v) is 3.02. The number of fused-ring (bicyclic) bond motifs is 1. The van der Waals surface area contributed by atoms with Gasteiger partial charge in [-0.05, 0) is 12.1 Å². The van der Waals surface area contributed by atoms with E-state index in [1.165, 1.54) is 0 Å². The molecule has 2 aromatic heterocycles. The monoisotopic (exact) mass is 201 g/mol. The van der Waals surface area contributed by atoms with Gasteiger partial charge in [-0.15, -0.1) is 0 Å². The van der Waals surface area contributed by atoms with Crippen molar-refractivity contribution in [2.75, 3.05) is 0 Å². The Morgan fingerprint density at radius 3 is 3.13 bits per heavy atom. The van der Waals surface area contributed by atoms with Gasteiger partial charge in [0.1, 0.15) is 11.3 Å². The highest BCUT2D eigenvalue weighted by Gasteiger charge is 2.16. The largest absolute Gasteiger partial charge is 0.477 e. The summed E-state index contributed by atoms with van der Waals surface area (Å²) < 4.78 is 0. The molecule has 74 valence electrons. The molecule has 2 aromatic rings. The molecule has 0 aliphatic heterocycles. The van der Waals surface area contributed by atoms with Gasteiger partial charge >= 0.3 is 5.97 Å². The van der Waals surface area contributed by atoms with Gasteiger partial charge in [-0.1, -0.05) is 0 Å². The number of aromatic carboxylic acids is 1. The highest BCUT2D eigenvalue weighted by Crippen LogP contribution is 2.20. The first-order valence-electron chi connectivity index (χ1n) is 4.30. The van der Waals surface area contributed by atoms with Gasteiger partial charge in [0.2, 0.25) is 0 Å². The molecule has 0 unspecified atom stereocenters. The fourth-order valence-corrected chi connectivity index (χ4v) is 1.52. The number of pyridine rings is 1. The minimum Gasteiger partial charge on any atom is -0.477 e. The van der Waals surface area contributed by atoms with Crippen molar-refractivity contribution in [2.24, 2.45) is 0 Å². The third-order valence-corrected chi connectivity index (χ3v) is 2.15. The van der Waals surface area contributed by atoms with Crippen LogP contribution < -0.4 is 0 Å². The molecule has 0 aromatic carbocycles. The molecule has 2 N–H and O–H groups in total. The highest BCUT2D eigenvalue weighted by atomic mass is 16.4. The molecular formula is C10H7N3O2. The predicted octanol–water partition coefficient (Wildman–Crippen LogP) is 1.33. The molecule has 0 bridgehead atoms. The van der Waals surface area contributed by atoms with E-state index in [-0.39, 0.29) is 12.1 Å². The Balaban J connectivity index is 2.75. The van der Waals surface area contributed by atoms with Crippen LogP contribution in [0.3, 0.4) is 0 Å². The molecule has 2 heterocycles. The second-order valence-electron chi connectivity index (χ2n) is 3.02. The van der Waals surface area contributed by atoms with Crippen molar-refractivity contribution in [3.63, 3.8) is 0 Å². The molecular weight excluding hydrogens is 194 g/mol. The van der Waals surface area contributed by atoms with E-state index in [9.17, 15) is 4.79 Å². The van der Waals surface area contributed by atoms with Crippen molar-refractivity contribution < 1.29 is 9.90 Å².